The Morgan fingerprint density at radius 1 is 1.38 bits per heavy atom. The monoisotopic (exact) mass is 489 g/mol. The molecule has 2 heterocycles. The van der Waals surface area contributed by atoms with E-state index in [4.69, 9.17) is 4.42 Å². The maximum atomic E-state index is 12.4. The molecule has 1 aromatic heterocycles. The van der Waals surface area contributed by atoms with Crippen molar-refractivity contribution in [3.8, 4) is 0 Å². The molecule has 1 aromatic rings. The van der Waals surface area contributed by atoms with Crippen molar-refractivity contribution in [3.63, 3.8) is 0 Å². The van der Waals surface area contributed by atoms with Gasteiger partial charge in [0, 0.05) is 39.3 Å². The molecule has 7 nitrogen and oxygen atoms in total. The van der Waals surface area contributed by atoms with Gasteiger partial charge in [-0.05, 0) is 18.6 Å². The molecule has 1 fully saturated rings. The van der Waals surface area contributed by atoms with Crippen LogP contribution in [0, 0.1) is 0 Å². The number of carbonyl (C=O) groups excluding carboxylic acids is 1. The van der Waals surface area contributed by atoms with Crippen LogP contribution < -0.4 is 16.0 Å². The molecule has 0 bridgehead atoms. The third-order valence-corrected chi connectivity index (χ3v) is 3.69. The molecular formula is C15H23F3IN5O2. The quantitative estimate of drug-likeness (QED) is 0.244. The van der Waals surface area contributed by atoms with Crippen molar-refractivity contribution in [2.24, 2.45) is 4.99 Å². The Bertz CT molecular complexity index is 580. The SMILES string of the molecule is CN=C(NCCNC(=O)c1ccco1)NC1CCN(CC(F)(F)F)C1.I. The Labute approximate surface area is 166 Å². The second kappa shape index (κ2) is 10.6. The third kappa shape index (κ3) is 7.81. The number of hydrogen-bond donors (Lipinski definition) is 3. The highest BCUT2D eigenvalue weighted by atomic mass is 127. The maximum Gasteiger partial charge on any atom is 0.401 e. The predicted molar refractivity (Wildman–Crippen MR) is 102 cm³/mol. The van der Waals surface area contributed by atoms with E-state index in [1.165, 1.54) is 11.2 Å². The summed E-state index contributed by atoms with van der Waals surface area (Å²) in [5, 5.41) is 8.79. The highest BCUT2D eigenvalue weighted by Crippen LogP contribution is 2.19. The fraction of sp³-hybridized carbons (Fsp3) is 0.600. The molecule has 1 aliphatic heterocycles. The molecule has 1 aliphatic rings. The second-order valence-electron chi connectivity index (χ2n) is 5.71. The summed E-state index contributed by atoms with van der Waals surface area (Å²) in [5.74, 6) is 0.414. The fourth-order valence-electron chi connectivity index (χ4n) is 2.59. The first-order valence-electron chi connectivity index (χ1n) is 7.95. The van der Waals surface area contributed by atoms with Crippen LogP contribution in [0.1, 0.15) is 17.0 Å². The molecule has 11 heteroatoms. The first kappa shape index (κ1) is 22.5. The minimum Gasteiger partial charge on any atom is -0.459 e. The average Bonchev–Trinajstić information content (AvgIpc) is 3.20. The van der Waals surface area contributed by atoms with E-state index in [9.17, 15) is 18.0 Å². The number of nitrogens with one attached hydrogen (secondary N) is 3. The van der Waals surface area contributed by atoms with Gasteiger partial charge in [0.1, 0.15) is 0 Å². The van der Waals surface area contributed by atoms with Crippen LogP contribution in [0.2, 0.25) is 0 Å². The molecule has 1 saturated heterocycles. The summed E-state index contributed by atoms with van der Waals surface area (Å²) in [7, 11) is 1.58. The van der Waals surface area contributed by atoms with E-state index in [-0.39, 0.29) is 41.7 Å². The van der Waals surface area contributed by atoms with Gasteiger partial charge in [-0.3, -0.25) is 14.7 Å². The van der Waals surface area contributed by atoms with Gasteiger partial charge >= 0.3 is 6.18 Å². The number of alkyl halides is 3. The van der Waals surface area contributed by atoms with Crippen LogP contribution in [0.25, 0.3) is 0 Å². The number of halogens is 4. The Kier molecular flexibility index (Phi) is 9.19. The summed E-state index contributed by atoms with van der Waals surface area (Å²) in [5.41, 5.74) is 0. The fourth-order valence-corrected chi connectivity index (χ4v) is 2.59. The number of carbonyl (C=O) groups is 1. The molecule has 0 radical (unpaired) electrons. The zero-order valence-electron chi connectivity index (χ0n) is 14.3. The minimum atomic E-state index is -4.18. The summed E-state index contributed by atoms with van der Waals surface area (Å²) >= 11 is 0. The van der Waals surface area contributed by atoms with Gasteiger partial charge in [0.2, 0.25) is 0 Å². The molecular weight excluding hydrogens is 466 g/mol. The standard InChI is InChI=1S/C15H22F3N5O2.HI/c1-19-14(21-6-5-20-13(24)12-3-2-8-25-12)22-11-4-7-23(9-11)10-15(16,17)18;/h2-3,8,11H,4-7,9-10H2,1H3,(H,20,24)(H2,19,21,22);1H. The summed E-state index contributed by atoms with van der Waals surface area (Å²) in [6.45, 7) is 0.592. The Hall–Kier alpha value is -1.50. The van der Waals surface area contributed by atoms with Crippen molar-refractivity contribution in [2.75, 3.05) is 39.8 Å². The van der Waals surface area contributed by atoms with Crippen LogP contribution in [-0.4, -0.2) is 68.8 Å². The minimum absolute atomic E-state index is 0. The highest BCUT2D eigenvalue weighted by molar-refractivity contribution is 14.0. The first-order chi connectivity index (χ1) is 11.9. The second-order valence-corrected chi connectivity index (χ2v) is 5.71. The van der Waals surface area contributed by atoms with Crippen molar-refractivity contribution in [2.45, 2.75) is 18.6 Å². The van der Waals surface area contributed by atoms with E-state index in [1.807, 2.05) is 0 Å². The van der Waals surface area contributed by atoms with Crippen molar-refractivity contribution < 1.29 is 22.4 Å². The van der Waals surface area contributed by atoms with Crippen molar-refractivity contribution in [3.05, 3.63) is 24.2 Å². The largest absolute Gasteiger partial charge is 0.459 e. The number of likely N-dealkylation sites (tertiary alicyclic amines) is 1. The van der Waals surface area contributed by atoms with Crippen molar-refractivity contribution in [1.82, 2.24) is 20.9 Å². The molecule has 0 aliphatic carbocycles. The number of guanidine groups is 1. The number of furan rings is 1. The topological polar surface area (TPSA) is 81.9 Å². The molecule has 148 valence electrons. The smallest absolute Gasteiger partial charge is 0.401 e. The zero-order chi connectivity index (χ0) is 18.3. The zero-order valence-corrected chi connectivity index (χ0v) is 16.6. The lowest BCUT2D eigenvalue weighted by molar-refractivity contribution is -0.143. The Morgan fingerprint density at radius 3 is 2.73 bits per heavy atom. The predicted octanol–water partition coefficient (Wildman–Crippen LogP) is 1.43. The molecule has 1 amide bonds. The maximum absolute atomic E-state index is 12.4. The summed E-state index contributed by atoms with van der Waals surface area (Å²) in [6.07, 6.45) is -2.14. The van der Waals surface area contributed by atoms with Gasteiger partial charge in [-0.1, -0.05) is 0 Å². The molecule has 26 heavy (non-hydrogen) atoms. The first-order valence-corrected chi connectivity index (χ1v) is 7.95. The van der Waals surface area contributed by atoms with Crippen LogP contribution in [0.4, 0.5) is 13.2 Å². The summed E-state index contributed by atoms with van der Waals surface area (Å²) in [6, 6.07) is 3.10. The van der Waals surface area contributed by atoms with Gasteiger partial charge in [0.15, 0.2) is 11.7 Å². The Balaban J connectivity index is 0.00000338. The van der Waals surface area contributed by atoms with Gasteiger partial charge < -0.3 is 20.4 Å². The average molecular weight is 489 g/mol. The molecule has 1 unspecified atom stereocenters. The molecule has 0 saturated carbocycles. The lowest BCUT2D eigenvalue weighted by Crippen LogP contribution is -2.47. The van der Waals surface area contributed by atoms with E-state index in [2.05, 4.69) is 20.9 Å². The van der Waals surface area contributed by atoms with Gasteiger partial charge in [-0.2, -0.15) is 13.2 Å². The van der Waals surface area contributed by atoms with Crippen LogP contribution >= 0.6 is 24.0 Å². The van der Waals surface area contributed by atoms with Gasteiger partial charge in [-0.25, -0.2) is 0 Å². The summed E-state index contributed by atoms with van der Waals surface area (Å²) in [4.78, 5) is 17.1. The number of hydrogen-bond acceptors (Lipinski definition) is 4. The van der Waals surface area contributed by atoms with E-state index >= 15 is 0 Å². The van der Waals surface area contributed by atoms with Crippen molar-refractivity contribution in [1.29, 1.82) is 0 Å². The van der Waals surface area contributed by atoms with Crippen LogP contribution in [0.5, 0.6) is 0 Å². The molecule has 1 atom stereocenters. The third-order valence-electron chi connectivity index (χ3n) is 3.69. The van der Waals surface area contributed by atoms with Gasteiger partial charge in [0.05, 0.1) is 12.8 Å². The number of aliphatic imine (C=N–C) groups is 1. The normalized spacial score (nSPS) is 18.3. The lowest BCUT2D eigenvalue weighted by atomic mass is 10.3. The van der Waals surface area contributed by atoms with Crippen LogP contribution in [0.3, 0.4) is 0 Å². The molecule has 0 spiro atoms. The molecule has 0 aromatic carbocycles. The summed E-state index contributed by atoms with van der Waals surface area (Å²) < 4.78 is 42.2. The van der Waals surface area contributed by atoms with E-state index < -0.39 is 12.7 Å². The van der Waals surface area contributed by atoms with E-state index in [0.717, 1.165) is 0 Å². The lowest BCUT2D eigenvalue weighted by Gasteiger charge is -2.19. The van der Waals surface area contributed by atoms with E-state index in [1.54, 1.807) is 19.2 Å². The van der Waals surface area contributed by atoms with Gasteiger partial charge in [0.25, 0.3) is 5.91 Å². The molecule has 2 rings (SSSR count). The highest BCUT2D eigenvalue weighted by Gasteiger charge is 2.34. The van der Waals surface area contributed by atoms with Crippen LogP contribution in [-0.2, 0) is 0 Å². The number of amides is 1. The van der Waals surface area contributed by atoms with Crippen molar-refractivity contribution >= 4 is 35.8 Å². The number of rotatable bonds is 6. The van der Waals surface area contributed by atoms with Crippen LogP contribution in [0.15, 0.2) is 27.8 Å². The number of nitrogens with zero attached hydrogens (tertiary/aromatic N) is 2. The Morgan fingerprint density at radius 2 is 2.12 bits per heavy atom. The van der Waals surface area contributed by atoms with E-state index in [0.29, 0.717) is 38.6 Å². The molecule has 3 N–H and O–H groups in total. The van der Waals surface area contributed by atoms with Gasteiger partial charge in [-0.15, -0.1) is 24.0 Å².